The van der Waals surface area contributed by atoms with E-state index in [-0.39, 0.29) is 12.1 Å². The van der Waals surface area contributed by atoms with E-state index in [0.29, 0.717) is 32.3 Å². The quantitative estimate of drug-likeness (QED) is 0.732. The molecule has 0 radical (unpaired) electrons. The van der Waals surface area contributed by atoms with Crippen molar-refractivity contribution < 1.29 is 4.74 Å². The summed E-state index contributed by atoms with van der Waals surface area (Å²) in [6.45, 7) is 0.270. The number of methoxy groups -OCH3 is 1. The second-order valence-electron chi connectivity index (χ2n) is 4.76. The van der Waals surface area contributed by atoms with Gasteiger partial charge in [-0.15, -0.1) is 0 Å². The Morgan fingerprint density at radius 1 is 1.18 bits per heavy atom. The summed E-state index contributed by atoms with van der Waals surface area (Å²) in [7, 11) is 1.57. The Kier molecular flexibility index (Phi) is 4.05. The maximum Gasteiger partial charge on any atom is 0.261 e. The molecule has 0 unspecified atom stereocenters. The Labute approximate surface area is 136 Å². The van der Waals surface area contributed by atoms with E-state index in [0.717, 1.165) is 0 Å². The van der Waals surface area contributed by atoms with Gasteiger partial charge in [-0.2, -0.15) is 0 Å². The van der Waals surface area contributed by atoms with Gasteiger partial charge in [-0.25, -0.2) is 4.98 Å². The molecule has 0 spiro atoms. The van der Waals surface area contributed by atoms with Crippen LogP contribution in [0.15, 0.2) is 47.5 Å². The lowest BCUT2D eigenvalue weighted by Gasteiger charge is -2.10. The van der Waals surface area contributed by atoms with Crippen molar-refractivity contribution in [2.24, 2.45) is 0 Å². The Hall–Kier alpha value is -2.04. The predicted molar refractivity (Wildman–Crippen MR) is 88.1 cm³/mol. The van der Waals surface area contributed by atoms with Crippen LogP contribution in [0.25, 0.3) is 10.9 Å². The summed E-state index contributed by atoms with van der Waals surface area (Å²) in [5, 5.41) is 1.56. The minimum Gasteiger partial charge on any atom is -0.497 e. The van der Waals surface area contributed by atoms with Gasteiger partial charge in [0.05, 0.1) is 30.9 Å². The summed E-state index contributed by atoms with van der Waals surface area (Å²) in [5.74, 6) is 0.659. The third-order valence-electron chi connectivity index (χ3n) is 3.42. The van der Waals surface area contributed by atoms with Crippen molar-refractivity contribution in [1.82, 2.24) is 9.55 Å². The van der Waals surface area contributed by atoms with Gasteiger partial charge >= 0.3 is 0 Å². The summed E-state index contributed by atoms with van der Waals surface area (Å²) in [5.41, 5.74) is 1.14. The number of fused-ring (bicyclic) bond motifs is 1. The summed E-state index contributed by atoms with van der Waals surface area (Å²) in [6.07, 6.45) is 1.49. The van der Waals surface area contributed by atoms with Crippen molar-refractivity contribution in [2.75, 3.05) is 7.11 Å². The van der Waals surface area contributed by atoms with Gasteiger partial charge < -0.3 is 4.74 Å². The van der Waals surface area contributed by atoms with Crippen LogP contribution in [0.3, 0.4) is 0 Å². The van der Waals surface area contributed by atoms with Crippen molar-refractivity contribution in [3.63, 3.8) is 0 Å². The lowest BCUT2D eigenvalue weighted by atomic mass is 10.2. The summed E-state index contributed by atoms with van der Waals surface area (Å²) in [6, 6.07) is 10.4. The van der Waals surface area contributed by atoms with Crippen LogP contribution in [-0.2, 0) is 6.54 Å². The molecule has 0 aliphatic carbocycles. The molecular formula is C16H12Cl2N2O2. The molecule has 6 heteroatoms. The van der Waals surface area contributed by atoms with Crippen molar-refractivity contribution in [1.29, 1.82) is 0 Å². The number of nitrogens with zero attached hydrogens (tertiary/aromatic N) is 2. The number of rotatable bonds is 3. The SMILES string of the molecule is COc1ccc2c(=O)n(Cc3c(Cl)cccc3Cl)cnc2c1. The van der Waals surface area contributed by atoms with E-state index in [2.05, 4.69) is 4.98 Å². The number of aromatic nitrogens is 2. The number of halogens is 2. The first-order valence-corrected chi connectivity index (χ1v) is 7.32. The summed E-state index contributed by atoms with van der Waals surface area (Å²) in [4.78, 5) is 16.9. The molecule has 0 atom stereocenters. The van der Waals surface area contributed by atoms with Gasteiger partial charge in [-0.3, -0.25) is 9.36 Å². The van der Waals surface area contributed by atoms with Crippen LogP contribution in [0.1, 0.15) is 5.56 Å². The van der Waals surface area contributed by atoms with Crippen LogP contribution in [0, 0.1) is 0 Å². The molecule has 1 aromatic heterocycles. The number of hydrogen-bond donors (Lipinski definition) is 0. The monoisotopic (exact) mass is 334 g/mol. The molecule has 0 fully saturated rings. The topological polar surface area (TPSA) is 44.1 Å². The van der Waals surface area contributed by atoms with Crippen LogP contribution in [0.4, 0.5) is 0 Å². The van der Waals surface area contributed by atoms with E-state index in [1.807, 2.05) is 0 Å². The van der Waals surface area contributed by atoms with E-state index in [9.17, 15) is 4.79 Å². The minimum absolute atomic E-state index is 0.149. The zero-order chi connectivity index (χ0) is 15.7. The highest BCUT2D eigenvalue weighted by Crippen LogP contribution is 2.25. The third-order valence-corrected chi connectivity index (χ3v) is 4.13. The predicted octanol–water partition coefficient (Wildman–Crippen LogP) is 3.76. The Balaban J connectivity index is 2.09. The molecule has 0 aliphatic heterocycles. The lowest BCUT2D eigenvalue weighted by Crippen LogP contribution is -2.21. The third kappa shape index (κ3) is 2.67. The van der Waals surface area contributed by atoms with Gasteiger partial charge in [-0.05, 0) is 24.3 Å². The fourth-order valence-electron chi connectivity index (χ4n) is 2.23. The molecule has 0 amide bonds. The Bertz CT molecular complexity index is 886. The van der Waals surface area contributed by atoms with Crippen molar-refractivity contribution in [3.8, 4) is 5.75 Å². The van der Waals surface area contributed by atoms with Gasteiger partial charge in [0, 0.05) is 21.7 Å². The van der Waals surface area contributed by atoms with E-state index in [1.165, 1.54) is 10.9 Å². The average Bonchev–Trinajstić information content (AvgIpc) is 2.52. The maximum absolute atomic E-state index is 12.6. The fraction of sp³-hybridized carbons (Fsp3) is 0.125. The standard InChI is InChI=1S/C16H12Cl2N2O2/c1-22-10-5-6-11-15(7-10)19-9-20(16(11)21)8-12-13(17)3-2-4-14(12)18/h2-7,9H,8H2,1H3. The highest BCUT2D eigenvalue weighted by Gasteiger charge is 2.10. The fourth-order valence-corrected chi connectivity index (χ4v) is 2.75. The molecule has 3 aromatic rings. The first-order chi connectivity index (χ1) is 10.6. The zero-order valence-electron chi connectivity index (χ0n) is 11.7. The molecule has 4 nitrogen and oxygen atoms in total. The largest absolute Gasteiger partial charge is 0.497 e. The normalized spacial score (nSPS) is 10.9. The minimum atomic E-state index is -0.149. The van der Waals surface area contributed by atoms with Gasteiger partial charge in [0.1, 0.15) is 5.75 Å². The summed E-state index contributed by atoms with van der Waals surface area (Å²) >= 11 is 12.3. The highest BCUT2D eigenvalue weighted by molar-refractivity contribution is 6.35. The Morgan fingerprint density at radius 3 is 2.59 bits per heavy atom. The number of benzene rings is 2. The smallest absolute Gasteiger partial charge is 0.261 e. The molecule has 1 heterocycles. The second kappa shape index (κ2) is 5.99. The van der Waals surface area contributed by atoms with Crippen LogP contribution in [0.5, 0.6) is 5.75 Å². The second-order valence-corrected chi connectivity index (χ2v) is 5.58. The maximum atomic E-state index is 12.6. The summed E-state index contributed by atoms with van der Waals surface area (Å²) < 4.78 is 6.62. The average molecular weight is 335 g/mol. The van der Waals surface area contributed by atoms with Crippen molar-refractivity contribution >= 4 is 34.1 Å². The molecule has 112 valence electrons. The molecule has 3 rings (SSSR count). The van der Waals surface area contributed by atoms with Gasteiger partial charge in [0.2, 0.25) is 0 Å². The van der Waals surface area contributed by atoms with Gasteiger partial charge in [0.15, 0.2) is 0 Å². The molecule has 0 aliphatic rings. The van der Waals surface area contributed by atoms with E-state index < -0.39 is 0 Å². The molecule has 2 aromatic carbocycles. The molecule has 0 N–H and O–H groups in total. The van der Waals surface area contributed by atoms with E-state index in [4.69, 9.17) is 27.9 Å². The van der Waals surface area contributed by atoms with Crippen LogP contribution >= 0.6 is 23.2 Å². The molecule has 0 bridgehead atoms. The van der Waals surface area contributed by atoms with Crippen LogP contribution in [-0.4, -0.2) is 16.7 Å². The van der Waals surface area contributed by atoms with Crippen molar-refractivity contribution in [3.05, 3.63) is 68.7 Å². The molecule has 0 saturated carbocycles. The van der Waals surface area contributed by atoms with E-state index >= 15 is 0 Å². The molecule has 0 saturated heterocycles. The number of ether oxygens (including phenoxy) is 1. The van der Waals surface area contributed by atoms with Crippen LogP contribution < -0.4 is 10.3 Å². The zero-order valence-corrected chi connectivity index (χ0v) is 13.2. The van der Waals surface area contributed by atoms with E-state index in [1.54, 1.807) is 43.5 Å². The van der Waals surface area contributed by atoms with Gasteiger partial charge in [0.25, 0.3) is 5.56 Å². The lowest BCUT2D eigenvalue weighted by molar-refractivity contribution is 0.415. The number of hydrogen-bond acceptors (Lipinski definition) is 3. The molecule has 22 heavy (non-hydrogen) atoms. The molecular weight excluding hydrogens is 323 g/mol. The van der Waals surface area contributed by atoms with Crippen molar-refractivity contribution in [2.45, 2.75) is 6.54 Å². The first-order valence-electron chi connectivity index (χ1n) is 6.56. The van der Waals surface area contributed by atoms with Gasteiger partial charge in [-0.1, -0.05) is 29.3 Å². The first kappa shape index (κ1) is 14.9. The Morgan fingerprint density at radius 2 is 1.91 bits per heavy atom. The van der Waals surface area contributed by atoms with Crippen LogP contribution in [0.2, 0.25) is 10.0 Å². The highest BCUT2D eigenvalue weighted by atomic mass is 35.5.